The van der Waals surface area contributed by atoms with Crippen molar-refractivity contribution in [2.24, 2.45) is 4.99 Å². The lowest BCUT2D eigenvalue weighted by Gasteiger charge is -2.25. The lowest BCUT2D eigenvalue weighted by Crippen LogP contribution is -2.52. The summed E-state index contributed by atoms with van der Waals surface area (Å²) in [6.45, 7) is 12.4. The standard InChI is InChI=1S/C45H51ClN6O5/c1-27(21-48-22-28(2)47-6)24-56-41-20-42(37(46)18-33(41)23-50-45(5,26-53)44(54)55)57-25-32-10-7-12-35(29(32)3)36-13-8-11-34(30(36)4)31-15-16-38-40(19-31)52-43(51-38)39-14-9-17-49-39/h7-8,10-13,15-16,18-22,39,47,49-50,53H,1,9,14,17,23-26H2,2-6H3,(H,51,52)(H,54,55)/b28-22+,48-21?/t39-,45?/m0/s1. The molecule has 298 valence electrons. The lowest BCUT2D eigenvalue weighted by atomic mass is 9.89. The fourth-order valence-electron chi connectivity index (χ4n) is 6.78. The molecule has 2 heterocycles. The zero-order valence-corrected chi connectivity index (χ0v) is 33.9. The highest BCUT2D eigenvalue weighted by atomic mass is 35.5. The van der Waals surface area contributed by atoms with Crippen molar-refractivity contribution in [2.45, 2.75) is 65.3 Å². The van der Waals surface area contributed by atoms with Crippen LogP contribution in [-0.4, -0.2) is 64.7 Å². The number of hydrogen-bond acceptors (Lipinski definition) is 9. The highest BCUT2D eigenvalue weighted by Crippen LogP contribution is 2.37. The highest BCUT2D eigenvalue weighted by molar-refractivity contribution is 6.32. The molecule has 1 aliphatic heterocycles. The molecule has 1 aliphatic rings. The molecule has 1 aromatic heterocycles. The molecular formula is C45H51ClN6O5. The molecule has 0 radical (unpaired) electrons. The van der Waals surface area contributed by atoms with E-state index in [1.807, 2.05) is 26.1 Å². The molecule has 2 atom stereocenters. The number of nitrogens with zero attached hydrogens (tertiary/aromatic N) is 2. The topological polar surface area (TPSA) is 153 Å². The van der Waals surface area contributed by atoms with Crippen molar-refractivity contribution >= 4 is 34.8 Å². The van der Waals surface area contributed by atoms with Crippen LogP contribution in [0.1, 0.15) is 60.8 Å². The molecule has 0 saturated carbocycles. The van der Waals surface area contributed by atoms with Crippen LogP contribution in [0.15, 0.2) is 95.8 Å². The third-order valence-electron chi connectivity index (χ3n) is 10.6. The van der Waals surface area contributed by atoms with E-state index in [0.29, 0.717) is 27.7 Å². The Morgan fingerprint density at radius 3 is 2.53 bits per heavy atom. The zero-order chi connectivity index (χ0) is 40.7. The van der Waals surface area contributed by atoms with Crippen LogP contribution in [-0.2, 0) is 17.9 Å². The Bertz CT molecular complexity index is 2330. The van der Waals surface area contributed by atoms with Crippen molar-refractivity contribution in [3.8, 4) is 33.8 Å². The minimum Gasteiger partial charge on any atom is -0.488 e. The molecular weight excluding hydrogens is 740 g/mol. The lowest BCUT2D eigenvalue weighted by molar-refractivity contribution is -0.145. The number of aromatic amines is 1. The highest BCUT2D eigenvalue weighted by Gasteiger charge is 2.32. The number of rotatable bonds is 17. The largest absolute Gasteiger partial charge is 0.488 e. The van der Waals surface area contributed by atoms with E-state index in [-0.39, 0.29) is 25.8 Å². The van der Waals surface area contributed by atoms with Gasteiger partial charge in [-0.3, -0.25) is 15.1 Å². The molecule has 12 heteroatoms. The summed E-state index contributed by atoms with van der Waals surface area (Å²) in [5, 5.41) is 29.3. The van der Waals surface area contributed by atoms with Crippen molar-refractivity contribution in [2.75, 3.05) is 26.8 Å². The third-order valence-corrected chi connectivity index (χ3v) is 10.9. The predicted molar refractivity (Wildman–Crippen MR) is 228 cm³/mol. The fourth-order valence-corrected chi connectivity index (χ4v) is 7.02. The molecule has 1 unspecified atom stereocenters. The Kier molecular flexibility index (Phi) is 13.2. The first-order chi connectivity index (χ1) is 27.4. The number of nitrogens with one attached hydrogen (secondary N) is 4. The Balaban J connectivity index is 1.23. The van der Waals surface area contributed by atoms with Crippen LogP contribution in [0.4, 0.5) is 0 Å². The number of aliphatic hydroxyl groups is 1. The van der Waals surface area contributed by atoms with E-state index in [9.17, 15) is 15.0 Å². The number of allylic oxidation sites excluding steroid dienone is 1. The van der Waals surface area contributed by atoms with Crippen molar-refractivity contribution in [3.63, 3.8) is 0 Å². The van der Waals surface area contributed by atoms with Gasteiger partial charge in [0.05, 0.1) is 28.7 Å². The summed E-state index contributed by atoms with van der Waals surface area (Å²) in [5.41, 5.74) is 10.3. The van der Waals surface area contributed by atoms with Gasteiger partial charge in [-0.25, -0.2) is 4.98 Å². The van der Waals surface area contributed by atoms with Crippen molar-refractivity contribution in [3.05, 3.63) is 124 Å². The second kappa shape index (κ2) is 18.2. The van der Waals surface area contributed by atoms with Gasteiger partial charge in [0, 0.05) is 48.9 Å². The van der Waals surface area contributed by atoms with Crippen LogP contribution >= 0.6 is 11.6 Å². The molecule has 0 aliphatic carbocycles. The number of hydrogen-bond donors (Lipinski definition) is 6. The SMILES string of the molecule is C=C(C=N/C=C(\C)NC)COc1cc(OCc2cccc(-c3cccc(-c4ccc5nc([C@@H]6CCCN6)[nH]c5c4)c3C)c2C)c(Cl)cc1CNC(C)(CO)C(=O)O. The molecule has 57 heavy (non-hydrogen) atoms. The van der Waals surface area contributed by atoms with Crippen LogP contribution in [0.5, 0.6) is 11.5 Å². The number of H-pyrrole nitrogens is 1. The van der Waals surface area contributed by atoms with E-state index in [0.717, 1.165) is 75.3 Å². The van der Waals surface area contributed by atoms with Crippen LogP contribution in [0.25, 0.3) is 33.3 Å². The van der Waals surface area contributed by atoms with Gasteiger partial charge in [-0.2, -0.15) is 0 Å². The van der Waals surface area contributed by atoms with E-state index in [2.05, 4.69) is 88.8 Å². The molecule has 1 saturated heterocycles. The quantitative estimate of drug-likeness (QED) is 0.0512. The molecule has 6 rings (SSSR count). The van der Waals surface area contributed by atoms with Gasteiger partial charge in [-0.05, 0) is 104 Å². The number of fused-ring (bicyclic) bond motifs is 1. The maximum Gasteiger partial charge on any atom is 0.326 e. The van der Waals surface area contributed by atoms with Crippen LogP contribution in [0.3, 0.4) is 0 Å². The average molecular weight is 791 g/mol. The second-order valence-corrected chi connectivity index (χ2v) is 15.1. The van der Waals surface area contributed by atoms with Gasteiger partial charge in [-0.15, -0.1) is 0 Å². The number of imidazole rings is 1. The van der Waals surface area contributed by atoms with Crippen LogP contribution in [0, 0.1) is 13.8 Å². The van der Waals surface area contributed by atoms with Crippen molar-refractivity contribution in [1.29, 1.82) is 0 Å². The minimum atomic E-state index is -1.57. The van der Waals surface area contributed by atoms with Gasteiger partial charge in [-0.1, -0.05) is 60.6 Å². The number of aliphatic carboxylic acids is 1. The van der Waals surface area contributed by atoms with Gasteiger partial charge in [0.15, 0.2) is 0 Å². The molecule has 6 N–H and O–H groups in total. The summed E-state index contributed by atoms with van der Waals surface area (Å²) in [6.07, 6.45) is 5.53. The van der Waals surface area contributed by atoms with Crippen molar-refractivity contribution in [1.82, 2.24) is 25.9 Å². The fraction of sp³-hybridized carbons (Fsp3) is 0.311. The average Bonchev–Trinajstić information content (AvgIpc) is 3.90. The minimum absolute atomic E-state index is 0.0532. The molecule has 11 nitrogen and oxygen atoms in total. The first-order valence-electron chi connectivity index (χ1n) is 19.1. The number of benzene rings is 4. The van der Waals surface area contributed by atoms with E-state index >= 15 is 0 Å². The Hall–Kier alpha value is -5.46. The van der Waals surface area contributed by atoms with E-state index in [4.69, 9.17) is 26.1 Å². The summed E-state index contributed by atoms with van der Waals surface area (Å²) >= 11 is 6.79. The third kappa shape index (κ3) is 9.57. The van der Waals surface area contributed by atoms with Gasteiger partial charge in [0.25, 0.3) is 0 Å². The summed E-state index contributed by atoms with van der Waals surface area (Å²) in [5.74, 6) is 0.629. The van der Waals surface area contributed by atoms with Crippen LogP contribution < -0.4 is 25.4 Å². The normalized spacial score (nSPS) is 15.6. The summed E-state index contributed by atoms with van der Waals surface area (Å²) in [4.78, 5) is 24.6. The molecule has 0 bridgehead atoms. The van der Waals surface area contributed by atoms with Crippen LogP contribution in [0.2, 0.25) is 5.02 Å². The number of carbonyl (C=O) groups is 1. The first-order valence-corrected chi connectivity index (χ1v) is 19.4. The first kappa shape index (κ1) is 41.2. The zero-order valence-electron chi connectivity index (χ0n) is 33.1. The number of aliphatic hydroxyl groups excluding tert-OH is 1. The van der Waals surface area contributed by atoms with Gasteiger partial charge >= 0.3 is 5.97 Å². The Labute approximate surface area is 338 Å². The number of carboxylic acid groups (broad SMARTS) is 1. The van der Waals surface area contributed by atoms with Gasteiger partial charge in [0.1, 0.15) is 36.1 Å². The number of ether oxygens (including phenoxy) is 2. The molecule has 5 aromatic rings. The predicted octanol–water partition coefficient (Wildman–Crippen LogP) is 8.18. The van der Waals surface area contributed by atoms with Gasteiger partial charge < -0.3 is 35.3 Å². The molecule has 0 amide bonds. The number of aliphatic imine (C=N–C) groups is 1. The maximum absolute atomic E-state index is 11.9. The summed E-state index contributed by atoms with van der Waals surface area (Å²) < 4.78 is 12.5. The van der Waals surface area contributed by atoms with E-state index < -0.39 is 18.1 Å². The second-order valence-electron chi connectivity index (χ2n) is 14.7. The molecule has 4 aromatic carbocycles. The number of aromatic nitrogens is 2. The van der Waals surface area contributed by atoms with E-state index in [1.165, 1.54) is 12.5 Å². The number of halogens is 1. The molecule has 0 spiro atoms. The Morgan fingerprint density at radius 2 is 1.81 bits per heavy atom. The number of carboxylic acids is 1. The Morgan fingerprint density at radius 1 is 1.05 bits per heavy atom. The van der Waals surface area contributed by atoms with Gasteiger partial charge in [0.2, 0.25) is 0 Å². The maximum atomic E-state index is 11.9. The monoisotopic (exact) mass is 790 g/mol. The smallest absolute Gasteiger partial charge is 0.326 e. The summed E-state index contributed by atoms with van der Waals surface area (Å²) in [6, 6.07) is 22.7. The molecule has 1 fully saturated rings. The summed E-state index contributed by atoms with van der Waals surface area (Å²) in [7, 11) is 1.81. The van der Waals surface area contributed by atoms with Crippen molar-refractivity contribution < 1.29 is 24.5 Å². The van der Waals surface area contributed by atoms with E-state index in [1.54, 1.807) is 24.5 Å².